The molecule has 0 atom stereocenters. The Labute approximate surface area is 287 Å². The van der Waals surface area contributed by atoms with Crippen LogP contribution in [0, 0.1) is 27.7 Å². The van der Waals surface area contributed by atoms with E-state index in [2.05, 4.69) is 84.1 Å². The highest BCUT2D eigenvalue weighted by molar-refractivity contribution is 5.74. The maximum absolute atomic E-state index is 12.5. The van der Waals surface area contributed by atoms with Gasteiger partial charge in [-0.1, -0.05) is 20.4 Å². The van der Waals surface area contributed by atoms with Gasteiger partial charge < -0.3 is 27.7 Å². The molecule has 0 saturated carbocycles. The zero-order valence-corrected chi connectivity index (χ0v) is 30.3. The second-order valence-electron chi connectivity index (χ2n) is 13.7. The zero-order valence-electron chi connectivity index (χ0n) is 30.3. The number of ether oxygens (including phenoxy) is 2. The van der Waals surface area contributed by atoms with Gasteiger partial charge in [-0.3, -0.25) is 9.59 Å². The van der Waals surface area contributed by atoms with Crippen molar-refractivity contribution in [1.29, 1.82) is 0 Å². The number of esters is 2. The maximum Gasteiger partial charge on any atom is 0.305 e. The summed E-state index contributed by atoms with van der Waals surface area (Å²) >= 11 is 0. The molecule has 0 unspecified atom stereocenters. The second kappa shape index (κ2) is 12.3. The first-order valence-electron chi connectivity index (χ1n) is 17.6. The molecule has 7 rings (SSSR count). The molecule has 8 heteroatoms. The molecule has 256 valence electrons. The molecule has 8 nitrogen and oxygen atoms in total. The van der Waals surface area contributed by atoms with Gasteiger partial charge in [0.1, 0.15) is 0 Å². The molecule has 4 aromatic heterocycles. The van der Waals surface area contributed by atoms with Crippen molar-refractivity contribution in [1.82, 2.24) is 18.3 Å². The van der Waals surface area contributed by atoms with E-state index in [-0.39, 0.29) is 11.9 Å². The van der Waals surface area contributed by atoms with Crippen LogP contribution in [0.4, 0.5) is 0 Å². The summed E-state index contributed by atoms with van der Waals surface area (Å²) in [4.78, 5) is 24.9. The molecule has 0 radical (unpaired) electrons. The topological polar surface area (TPSA) is 72.3 Å². The normalized spacial score (nSPS) is 15.4. The Morgan fingerprint density at radius 1 is 0.612 bits per heavy atom. The van der Waals surface area contributed by atoms with Crippen molar-refractivity contribution in [2.75, 3.05) is 14.2 Å². The number of carbonyl (C=O) groups excluding carboxylic acids is 2. The van der Waals surface area contributed by atoms with E-state index < -0.39 is 0 Å². The fourth-order valence-corrected chi connectivity index (χ4v) is 8.83. The Morgan fingerprint density at radius 2 is 1.12 bits per heavy atom. The van der Waals surface area contributed by atoms with Crippen molar-refractivity contribution in [3.05, 3.63) is 95.3 Å². The average molecular weight is 661 g/mol. The molecular formula is C41H48N4O4. The molecule has 49 heavy (non-hydrogen) atoms. The number of rotatable bonds is 8. The predicted octanol–water partition coefficient (Wildman–Crippen LogP) is 3.59. The fourth-order valence-electron chi connectivity index (χ4n) is 8.83. The van der Waals surface area contributed by atoms with Crippen LogP contribution in [0.25, 0.3) is 30.0 Å². The van der Waals surface area contributed by atoms with Crippen LogP contribution in [0.5, 0.6) is 0 Å². The van der Waals surface area contributed by atoms with Crippen LogP contribution in [-0.4, -0.2) is 44.4 Å². The van der Waals surface area contributed by atoms with Crippen molar-refractivity contribution in [3.8, 4) is 0 Å². The van der Waals surface area contributed by atoms with Crippen LogP contribution in [0.3, 0.4) is 0 Å². The number of fused-ring (bicyclic) bond motifs is 2. The molecule has 4 aromatic rings. The Kier molecular flexibility index (Phi) is 8.24. The number of nitrogens with zero attached hydrogens (tertiary/aromatic N) is 4. The first-order chi connectivity index (χ1) is 23.5. The van der Waals surface area contributed by atoms with Crippen LogP contribution in [0.2, 0.25) is 0 Å². The highest BCUT2D eigenvalue weighted by atomic mass is 16.5. The summed E-state index contributed by atoms with van der Waals surface area (Å²) in [5.41, 5.74) is 15.7. The van der Waals surface area contributed by atoms with Crippen molar-refractivity contribution in [3.63, 3.8) is 0 Å². The highest BCUT2D eigenvalue weighted by Gasteiger charge is 2.27. The highest BCUT2D eigenvalue weighted by Crippen LogP contribution is 2.31. The minimum Gasteiger partial charge on any atom is -0.469 e. The number of methoxy groups -OCH3 is 2. The molecule has 0 N–H and O–H groups in total. The molecule has 3 aliphatic heterocycles. The van der Waals surface area contributed by atoms with Crippen molar-refractivity contribution in [2.45, 2.75) is 99.7 Å². The number of hydrogen-bond donors (Lipinski definition) is 0. The van der Waals surface area contributed by atoms with Crippen molar-refractivity contribution >= 4 is 41.9 Å². The Morgan fingerprint density at radius 3 is 1.78 bits per heavy atom. The Hall–Kier alpha value is -4.72. The minimum atomic E-state index is -0.216. The van der Waals surface area contributed by atoms with E-state index in [1.54, 1.807) is 0 Å². The summed E-state index contributed by atoms with van der Waals surface area (Å²) in [5, 5.41) is 4.73. The van der Waals surface area contributed by atoms with E-state index in [0.29, 0.717) is 32.2 Å². The number of allylic oxidation sites excluding steroid dienone is 1. The van der Waals surface area contributed by atoms with Gasteiger partial charge in [0.2, 0.25) is 0 Å². The lowest BCUT2D eigenvalue weighted by Crippen LogP contribution is -2.30. The molecule has 3 aliphatic rings. The Bertz CT molecular complexity index is 2350. The van der Waals surface area contributed by atoms with E-state index in [9.17, 15) is 9.59 Å². The third-order valence-electron chi connectivity index (χ3n) is 11.4. The van der Waals surface area contributed by atoms with Crippen LogP contribution >= 0.6 is 0 Å². The Balaban J connectivity index is 1.68. The molecular weight excluding hydrogens is 612 g/mol. The lowest BCUT2D eigenvalue weighted by Gasteiger charge is -2.15. The summed E-state index contributed by atoms with van der Waals surface area (Å²) in [6.45, 7) is 20.3. The maximum atomic E-state index is 12.5. The van der Waals surface area contributed by atoms with E-state index in [1.807, 2.05) is 0 Å². The molecule has 7 heterocycles. The predicted molar refractivity (Wildman–Crippen MR) is 194 cm³/mol. The molecule has 0 spiro atoms. The number of aromatic nitrogens is 4. The van der Waals surface area contributed by atoms with E-state index >= 15 is 0 Å². The largest absolute Gasteiger partial charge is 0.469 e. The minimum absolute atomic E-state index is 0.214. The van der Waals surface area contributed by atoms with Gasteiger partial charge in [0.15, 0.2) is 0 Å². The van der Waals surface area contributed by atoms with Crippen LogP contribution in [0.15, 0.2) is 6.58 Å². The monoisotopic (exact) mass is 660 g/mol. The summed E-state index contributed by atoms with van der Waals surface area (Å²) < 4.78 is 19.9. The molecule has 0 amide bonds. The summed E-state index contributed by atoms with van der Waals surface area (Å²) in [5.74, 6) is -0.429. The van der Waals surface area contributed by atoms with Crippen LogP contribution in [0.1, 0.15) is 94.0 Å². The summed E-state index contributed by atoms with van der Waals surface area (Å²) in [6.07, 6.45) is 13.1. The van der Waals surface area contributed by atoms with Crippen molar-refractivity contribution in [2.24, 2.45) is 0 Å². The second-order valence-corrected chi connectivity index (χ2v) is 13.7. The molecule has 4 bridgehead atoms. The lowest BCUT2D eigenvalue weighted by molar-refractivity contribution is -0.141. The van der Waals surface area contributed by atoms with Gasteiger partial charge in [-0.25, -0.2) is 0 Å². The van der Waals surface area contributed by atoms with Gasteiger partial charge >= 0.3 is 11.9 Å². The smallest absolute Gasteiger partial charge is 0.305 e. The van der Waals surface area contributed by atoms with E-state index in [1.165, 1.54) is 69.7 Å². The van der Waals surface area contributed by atoms with Crippen LogP contribution in [-0.2, 0) is 64.4 Å². The molecule has 0 saturated heterocycles. The fraction of sp³-hybridized carbons (Fsp3) is 0.415. The zero-order chi connectivity index (χ0) is 34.9. The molecule has 0 aliphatic carbocycles. The standard InChI is InChI=1S/C41H48N4O4/c1-10-28-24(4)34-18-32-26(6)30(12-14-40(46)48-8)37-21-38-31(13-15-41(47)49-9)27(7)33(43(38)17-16-42(32)37)19-39-29(11-2)25(5)35-20-36(28)44(34)22-23(3)45(35)39/h18-21H,3,10-17,22H2,1-2,4-9H3/b32-18?,33-19-,34-18-,39-19?. The SMILES string of the molecule is C=C1Cn2c3c(CC)c(C)/c2=C/c2c(C)c(CCC(=O)OC)c4n2CCn2c(c(CCC(=O)OC)c(C)/c2=C/c2c(CC)c(C)c(n21)C=3)=C4. The average Bonchev–Trinajstić information content (AvgIpc) is 3.57. The first kappa shape index (κ1) is 32.8. The third kappa shape index (κ3) is 4.93. The van der Waals surface area contributed by atoms with Gasteiger partial charge in [0.25, 0.3) is 0 Å². The molecule has 0 aromatic carbocycles. The third-order valence-corrected chi connectivity index (χ3v) is 11.4. The summed E-state index contributed by atoms with van der Waals surface area (Å²) in [7, 11) is 2.90. The van der Waals surface area contributed by atoms with Gasteiger partial charge in [-0.2, -0.15) is 0 Å². The van der Waals surface area contributed by atoms with Gasteiger partial charge in [0.05, 0.1) is 32.2 Å². The van der Waals surface area contributed by atoms with Gasteiger partial charge in [-0.05, 0) is 122 Å². The summed E-state index contributed by atoms with van der Waals surface area (Å²) in [6, 6.07) is 0. The van der Waals surface area contributed by atoms with E-state index in [0.717, 1.165) is 64.8 Å². The first-order valence-corrected chi connectivity index (χ1v) is 17.6. The quantitative estimate of drug-likeness (QED) is 0.239. The lowest BCUT2D eigenvalue weighted by atomic mass is 10.0. The van der Waals surface area contributed by atoms with Gasteiger partial charge in [-0.15, -0.1) is 0 Å². The molecule has 0 fully saturated rings. The number of carbonyl (C=O) groups is 2. The van der Waals surface area contributed by atoms with E-state index in [4.69, 9.17) is 16.1 Å². The number of hydrogen-bond acceptors (Lipinski definition) is 4. The van der Waals surface area contributed by atoms with Crippen molar-refractivity contribution < 1.29 is 19.1 Å². The van der Waals surface area contributed by atoms with Crippen LogP contribution < -0.4 is 21.4 Å². The van der Waals surface area contributed by atoms with Gasteiger partial charge in [0, 0.05) is 64.4 Å².